The van der Waals surface area contributed by atoms with E-state index >= 15 is 0 Å². The molecule has 2 aromatic rings. The van der Waals surface area contributed by atoms with E-state index in [9.17, 15) is 4.79 Å². The van der Waals surface area contributed by atoms with E-state index in [1.807, 2.05) is 37.3 Å². The van der Waals surface area contributed by atoms with Crippen molar-refractivity contribution in [2.75, 3.05) is 24.7 Å². The molecule has 7 heteroatoms. The van der Waals surface area contributed by atoms with Gasteiger partial charge < -0.3 is 14.3 Å². The molecular weight excluding hydrogens is 349 g/mol. The number of benzene rings is 1. The minimum absolute atomic E-state index is 0. The molecule has 1 N–H and O–H groups in total. The zero-order valence-corrected chi connectivity index (χ0v) is 14.3. The van der Waals surface area contributed by atoms with Gasteiger partial charge in [0, 0.05) is 12.0 Å². The average Bonchev–Trinajstić information content (AvgIpc) is 2.95. The molecule has 1 aromatic heterocycles. The Hall–Kier alpha value is -1.23. The monoisotopic (exact) mass is 369 g/mol. The van der Waals surface area contributed by atoms with Gasteiger partial charge in [0.25, 0.3) is 0 Å². The van der Waals surface area contributed by atoms with Crippen molar-refractivity contribution in [1.29, 1.82) is 0 Å². The van der Waals surface area contributed by atoms with Gasteiger partial charge in [-0.2, -0.15) is 0 Å². The molecule has 0 spiro atoms. The van der Waals surface area contributed by atoms with Gasteiger partial charge in [0.15, 0.2) is 0 Å². The van der Waals surface area contributed by atoms with Crippen LogP contribution in [0, 0.1) is 18.8 Å². The predicted octanol–water partition coefficient (Wildman–Crippen LogP) is 2.38. The Labute approximate surface area is 173 Å². The number of aryl methyl sites for hydroxylation is 1. The number of carboxylic acid groups (broad SMARTS) is 1. The summed E-state index contributed by atoms with van der Waals surface area (Å²) in [5.41, 5.74) is 1.84. The maximum absolute atomic E-state index is 10.3. The number of aliphatic carboxylic acids is 1. The van der Waals surface area contributed by atoms with Gasteiger partial charge in [-0.25, -0.2) is 4.98 Å². The van der Waals surface area contributed by atoms with Crippen LogP contribution in [0.1, 0.15) is 11.5 Å². The Morgan fingerprint density at radius 3 is 2.80 bits per heavy atom. The van der Waals surface area contributed by atoms with E-state index in [2.05, 4.69) is 16.8 Å². The van der Waals surface area contributed by atoms with E-state index < -0.39 is 5.97 Å². The quantitative estimate of drug-likeness (QED) is 0.438. The molecule has 0 aliphatic rings. The summed E-state index contributed by atoms with van der Waals surface area (Å²) >= 11 is 1.27. The molecule has 1 heterocycles. The number of rotatable bonds is 8. The molecule has 0 saturated carbocycles. The number of carboxylic acids is 1. The molecule has 0 radical (unpaired) electrons. The fourth-order valence-corrected chi connectivity index (χ4v) is 2.43. The first-order valence-corrected chi connectivity index (χ1v) is 8.67. The van der Waals surface area contributed by atoms with Crippen molar-refractivity contribution in [3.8, 4) is 23.3 Å². The van der Waals surface area contributed by atoms with Crippen LogP contribution in [0.3, 0.4) is 0 Å². The molecule has 0 aliphatic heterocycles. The summed E-state index contributed by atoms with van der Waals surface area (Å²) in [6.07, 6.45) is 0.664. The van der Waals surface area contributed by atoms with Gasteiger partial charge in [0.05, 0.1) is 23.8 Å². The number of nitrogens with zero attached hydrogens (tertiary/aromatic N) is 1. The second-order valence-electron chi connectivity index (χ2n) is 4.93. The van der Waals surface area contributed by atoms with Crippen molar-refractivity contribution in [1.82, 2.24) is 4.98 Å². The van der Waals surface area contributed by atoms with Gasteiger partial charge in [0.2, 0.25) is 5.89 Å². The molecule has 5 nitrogen and oxygen atoms in total. The Bertz CT molecular complexity index is 722. The Balaban J connectivity index is 0.00000312. The van der Waals surface area contributed by atoms with Crippen molar-refractivity contribution in [2.24, 2.45) is 0 Å². The van der Waals surface area contributed by atoms with Crippen LogP contribution >= 0.6 is 11.8 Å². The van der Waals surface area contributed by atoms with E-state index in [1.165, 1.54) is 11.8 Å². The fraction of sp³-hybridized carbons (Fsp3) is 0.333. The molecule has 25 heavy (non-hydrogen) atoms. The van der Waals surface area contributed by atoms with Crippen LogP contribution in [0.15, 0.2) is 34.7 Å². The van der Waals surface area contributed by atoms with Crippen LogP contribution in [0.4, 0.5) is 0 Å². The van der Waals surface area contributed by atoms with E-state index in [0.717, 1.165) is 17.0 Å². The SMILES string of the molecule is Cc1oc(-c2ccccc2)nc1CCOCC#CCSCC(=O)O.[NaH]. The second-order valence-corrected chi connectivity index (χ2v) is 5.92. The molecule has 0 fully saturated rings. The zero-order valence-electron chi connectivity index (χ0n) is 13.4. The van der Waals surface area contributed by atoms with Crippen molar-refractivity contribution in [2.45, 2.75) is 13.3 Å². The van der Waals surface area contributed by atoms with Crippen LogP contribution in [-0.4, -0.2) is 70.3 Å². The number of carbonyl (C=O) groups is 1. The normalized spacial score (nSPS) is 9.80. The molecule has 0 amide bonds. The van der Waals surface area contributed by atoms with Gasteiger partial charge >= 0.3 is 35.5 Å². The number of aromatic nitrogens is 1. The Morgan fingerprint density at radius 2 is 2.08 bits per heavy atom. The summed E-state index contributed by atoms with van der Waals surface area (Å²) in [5, 5.41) is 8.48. The molecule has 0 bridgehead atoms. The number of oxazole rings is 1. The maximum atomic E-state index is 10.3. The summed E-state index contributed by atoms with van der Waals surface area (Å²) in [5.74, 6) is 6.90. The van der Waals surface area contributed by atoms with Gasteiger partial charge in [-0.1, -0.05) is 30.0 Å². The van der Waals surface area contributed by atoms with Gasteiger partial charge in [-0.15, -0.1) is 11.8 Å². The molecule has 0 atom stereocenters. The third-order valence-corrected chi connectivity index (χ3v) is 3.90. The van der Waals surface area contributed by atoms with E-state index in [4.69, 9.17) is 14.3 Å². The van der Waals surface area contributed by atoms with E-state index in [0.29, 0.717) is 31.3 Å². The zero-order chi connectivity index (χ0) is 17.2. The van der Waals surface area contributed by atoms with Crippen molar-refractivity contribution >= 4 is 47.3 Å². The molecule has 0 saturated heterocycles. The summed E-state index contributed by atoms with van der Waals surface area (Å²) in [6, 6.07) is 9.78. The number of thioether (sulfide) groups is 1. The predicted molar refractivity (Wildman–Crippen MR) is 101 cm³/mol. The van der Waals surface area contributed by atoms with Gasteiger partial charge in [-0.3, -0.25) is 4.79 Å². The standard InChI is InChI=1S/C18H19NO4S.Na.H/c1-14-16(19-18(23-14)15-7-3-2-4-8-15)9-11-22-10-5-6-12-24-13-17(20)21;;/h2-4,7-8H,9-13H2,1H3,(H,20,21);;. The topological polar surface area (TPSA) is 72.6 Å². The van der Waals surface area contributed by atoms with Crippen LogP contribution < -0.4 is 0 Å². The average molecular weight is 369 g/mol. The summed E-state index contributed by atoms with van der Waals surface area (Å²) in [4.78, 5) is 14.8. The third kappa shape index (κ3) is 8.13. The van der Waals surface area contributed by atoms with Crippen molar-refractivity contribution in [3.05, 3.63) is 41.8 Å². The van der Waals surface area contributed by atoms with Gasteiger partial charge in [-0.05, 0) is 19.1 Å². The van der Waals surface area contributed by atoms with Crippen LogP contribution in [0.2, 0.25) is 0 Å². The minimum atomic E-state index is -0.823. The summed E-state index contributed by atoms with van der Waals surface area (Å²) < 4.78 is 11.2. The summed E-state index contributed by atoms with van der Waals surface area (Å²) in [6.45, 7) is 2.74. The number of ether oxygens (including phenoxy) is 1. The Kier molecular flexibility index (Phi) is 10.6. The molecule has 2 rings (SSSR count). The van der Waals surface area contributed by atoms with Crippen LogP contribution in [0.5, 0.6) is 0 Å². The molecule has 0 aliphatic carbocycles. The molecular formula is C18H20NNaO4S. The van der Waals surface area contributed by atoms with E-state index in [-0.39, 0.29) is 35.3 Å². The third-order valence-electron chi connectivity index (χ3n) is 3.10. The van der Waals surface area contributed by atoms with Gasteiger partial charge in [0.1, 0.15) is 12.4 Å². The van der Waals surface area contributed by atoms with E-state index in [1.54, 1.807) is 0 Å². The second kappa shape index (κ2) is 12.2. The summed E-state index contributed by atoms with van der Waals surface area (Å²) in [7, 11) is 0. The molecule has 128 valence electrons. The molecule has 0 unspecified atom stereocenters. The number of hydrogen-bond acceptors (Lipinski definition) is 5. The first-order chi connectivity index (χ1) is 11.7. The fourth-order valence-electron chi connectivity index (χ4n) is 1.95. The molecule has 1 aromatic carbocycles. The first-order valence-electron chi connectivity index (χ1n) is 7.51. The van der Waals surface area contributed by atoms with Crippen molar-refractivity contribution < 1.29 is 19.1 Å². The first kappa shape index (κ1) is 21.8. The number of hydrogen-bond donors (Lipinski definition) is 1. The Morgan fingerprint density at radius 1 is 1.32 bits per heavy atom. The van der Waals surface area contributed by atoms with Crippen LogP contribution in [-0.2, 0) is 16.0 Å². The van der Waals surface area contributed by atoms with Crippen LogP contribution in [0.25, 0.3) is 11.5 Å². The van der Waals surface area contributed by atoms with Crippen molar-refractivity contribution in [3.63, 3.8) is 0 Å².